The lowest BCUT2D eigenvalue weighted by atomic mass is 9.67. The van der Waals surface area contributed by atoms with Crippen LogP contribution in [0.2, 0.25) is 0 Å². The fourth-order valence-corrected chi connectivity index (χ4v) is 6.09. The molecule has 0 unspecified atom stereocenters. The van der Waals surface area contributed by atoms with E-state index in [1.165, 1.54) is 44.5 Å². The van der Waals surface area contributed by atoms with Crippen LogP contribution in [0.4, 0.5) is 11.4 Å². The van der Waals surface area contributed by atoms with Crippen molar-refractivity contribution in [3.8, 4) is 22.3 Å². The first kappa shape index (κ1) is 22.3. The second-order valence-corrected chi connectivity index (χ2v) is 9.86. The van der Waals surface area contributed by atoms with E-state index in [-0.39, 0.29) is 5.41 Å². The smallest absolute Gasteiger partial charge is 0.0713 e. The number of hydrogen-bond donors (Lipinski definition) is 1. The summed E-state index contributed by atoms with van der Waals surface area (Å²) in [6.45, 7) is 0. The molecule has 6 aromatic rings. The molecular weight excluding hydrogens is 458 g/mol. The van der Waals surface area contributed by atoms with Crippen LogP contribution in [-0.4, -0.2) is 0 Å². The standard InChI is InChI=1S/C37H27N/c1-3-13-29(14-4-1)37(35-20-9-7-18-33(35)34-19-8-10-21-36(34)37)30-24-22-27(23-25-30)28-12-11-17-32(26-28)38-31-15-5-2-6-16-31/h1-26,38H. The van der Waals surface area contributed by atoms with Gasteiger partial charge in [0.2, 0.25) is 0 Å². The van der Waals surface area contributed by atoms with Gasteiger partial charge in [-0.05, 0) is 68.8 Å². The zero-order valence-electron chi connectivity index (χ0n) is 21.0. The van der Waals surface area contributed by atoms with Crippen LogP contribution < -0.4 is 5.32 Å². The topological polar surface area (TPSA) is 12.0 Å². The highest BCUT2D eigenvalue weighted by Crippen LogP contribution is 2.55. The average Bonchev–Trinajstić information content (AvgIpc) is 3.30. The van der Waals surface area contributed by atoms with E-state index in [0.29, 0.717) is 0 Å². The molecule has 1 aliphatic carbocycles. The number of para-hydroxylation sites is 1. The summed E-state index contributed by atoms with van der Waals surface area (Å²) in [6.07, 6.45) is 0. The fourth-order valence-electron chi connectivity index (χ4n) is 6.09. The Bertz CT molecular complexity index is 1670. The zero-order chi connectivity index (χ0) is 25.4. The normalized spacial score (nSPS) is 12.9. The SMILES string of the molecule is c1ccc(Nc2cccc(-c3ccc(C4(c5ccccc5)c5ccccc5-c5ccccc54)cc3)c2)cc1. The predicted molar refractivity (Wildman–Crippen MR) is 159 cm³/mol. The molecule has 38 heavy (non-hydrogen) atoms. The lowest BCUT2D eigenvalue weighted by molar-refractivity contribution is 0.768. The summed E-state index contributed by atoms with van der Waals surface area (Å²) in [6, 6.07) is 56.8. The van der Waals surface area contributed by atoms with Crippen molar-refractivity contribution >= 4 is 11.4 Å². The van der Waals surface area contributed by atoms with Gasteiger partial charge in [-0.3, -0.25) is 0 Å². The van der Waals surface area contributed by atoms with E-state index >= 15 is 0 Å². The van der Waals surface area contributed by atoms with Crippen LogP contribution in [0.25, 0.3) is 22.3 Å². The molecule has 0 atom stereocenters. The number of nitrogens with one attached hydrogen (secondary N) is 1. The third-order valence-corrected chi connectivity index (χ3v) is 7.74. The van der Waals surface area contributed by atoms with Gasteiger partial charge in [0.1, 0.15) is 0 Å². The molecule has 7 rings (SSSR count). The van der Waals surface area contributed by atoms with E-state index in [1.807, 2.05) is 18.2 Å². The summed E-state index contributed by atoms with van der Waals surface area (Å²) >= 11 is 0. The monoisotopic (exact) mass is 485 g/mol. The van der Waals surface area contributed by atoms with E-state index in [1.54, 1.807) is 0 Å². The average molecular weight is 486 g/mol. The first-order chi connectivity index (χ1) is 18.8. The molecule has 6 aromatic carbocycles. The Hall–Kier alpha value is -4.88. The first-order valence-corrected chi connectivity index (χ1v) is 13.1. The molecule has 180 valence electrons. The Balaban J connectivity index is 1.35. The Morgan fingerprint density at radius 2 is 0.895 bits per heavy atom. The molecule has 0 fully saturated rings. The number of fused-ring (bicyclic) bond motifs is 3. The van der Waals surface area contributed by atoms with Gasteiger partial charge in [0, 0.05) is 11.4 Å². The molecule has 1 heteroatoms. The zero-order valence-corrected chi connectivity index (χ0v) is 21.0. The number of rotatable bonds is 5. The Labute approximate surface area is 224 Å². The van der Waals surface area contributed by atoms with Crippen LogP contribution in [-0.2, 0) is 5.41 Å². The van der Waals surface area contributed by atoms with Gasteiger partial charge in [-0.25, -0.2) is 0 Å². The number of hydrogen-bond acceptors (Lipinski definition) is 1. The van der Waals surface area contributed by atoms with Crippen molar-refractivity contribution in [2.45, 2.75) is 5.41 Å². The van der Waals surface area contributed by atoms with Crippen molar-refractivity contribution < 1.29 is 0 Å². The molecule has 0 saturated heterocycles. The van der Waals surface area contributed by atoms with Gasteiger partial charge in [0.15, 0.2) is 0 Å². The van der Waals surface area contributed by atoms with Gasteiger partial charge < -0.3 is 5.32 Å². The second-order valence-electron chi connectivity index (χ2n) is 9.86. The molecule has 1 nitrogen and oxygen atoms in total. The minimum atomic E-state index is -0.357. The fraction of sp³-hybridized carbons (Fsp3) is 0.0270. The molecule has 0 spiro atoms. The Kier molecular flexibility index (Phi) is 5.41. The van der Waals surface area contributed by atoms with Crippen LogP contribution in [0.15, 0.2) is 158 Å². The molecule has 0 aromatic heterocycles. The van der Waals surface area contributed by atoms with Crippen molar-refractivity contribution in [2.24, 2.45) is 0 Å². The largest absolute Gasteiger partial charge is 0.356 e. The highest BCUT2D eigenvalue weighted by atomic mass is 14.9. The summed E-state index contributed by atoms with van der Waals surface area (Å²) < 4.78 is 0. The highest BCUT2D eigenvalue weighted by molar-refractivity contribution is 5.86. The van der Waals surface area contributed by atoms with Crippen LogP contribution in [0, 0.1) is 0 Å². The molecule has 0 heterocycles. The van der Waals surface area contributed by atoms with Gasteiger partial charge in [-0.15, -0.1) is 0 Å². The summed E-state index contributed by atoms with van der Waals surface area (Å²) in [5.74, 6) is 0. The first-order valence-electron chi connectivity index (χ1n) is 13.1. The molecule has 0 bridgehead atoms. The summed E-state index contributed by atoms with van der Waals surface area (Å²) in [7, 11) is 0. The van der Waals surface area contributed by atoms with Crippen molar-refractivity contribution in [3.05, 3.63) is 180 Å². The highest BCUT2D eigenvalue weighted by Gasteiger charge is 2.45. The van der Waals surface area contributed by atoms with Crippen molar-refractivity contribution in [2.75, 3.05) is 5.32 Å². The maximum absolute atomic E-state index is 3.52. The number of anilines is 2. The van der Waals surface area contributed by atoms with E-state index in [0.717, 1.165) is 11.4 Å². The number of benzene rings is 6. The molecular formula is C37H27N. The van der Waals surface area contributed by atoms with E-state index in [2.05, 4.69) is 145 Å². The van der Waals surface area contributed by atoms with E-state index in [9.17, 15) is 0 Å². The molecule has 0 saturated carbocycles. The van der Waals surface area contributed by atoms with Crippen molar-refractivity contribution in [3.63, 3.8) is 0 Å². The lowest BCUT2D eigenvalue weighted by Gasteiger charge is -2.34. The molecule has 0 amide bonds. The quantitative estimate of drug-likeness (QED) is 0.256. The summed E-state index contributed by atoms with van der Waals surface area (Å²) in [5, 5.41) is 3.52. The van der Waals surface area contributed by atoms with Gasteiger partial charge in [-0.1, -0.05) is 133 Å². The maximum atomic E-state index is 3.52. The molecule has 0 aliphatic heterocycles. The minimum Gasteiger partial charge on any atom is -0.356 e. The lowest BCUT2D eigenvalue weighted by Crippen LogP contribution is -2.28. The van der Waals surface area contributed by atoms with Gasteiger partial charge in [0.25, 0.3) is 0 Å². The summed E-state index contributed by atoms with van der Waals surface area (Å²) in [4.78, 5) is 0. The van der Waals surface area contributed by atoms with Crippen LogP contribution in [0.1, 0.15) is 22.3 Å². The third-order valence-electron chi connectivity index (χ3n) is 7.74. The van der Waals surface area contributed by atoms with Crippen LogP contribution in [0.5, 0.6) is 0 Å². The van der Waals surface area contributed by atoms with Crippen molar-refractivity contribution in [1.82, 2.24) is 0 Å². The third kappa shape index (κ3) is 3.55. The molecule has 1 N–H and O–H groups in total. The second kappa shape index (κ2) is 9.21. The summed E-state index contributed by atoms with van der Waals surface area (Å²) in [5.41, 5.74) is 12.1. The molecule has 1 aliphatic rings. The van der Waals surface area contributed by atoms with Crippen molar-refractivity contribution in [1.29, 1.82) is 0 Å². The van der Waals surface area contributed by atoms with Gasteiger partial charge in [-0.2, -0.15) is 0 Å². The molecule has 0 radical (unpaired) electrons. The van der Waals surface area contributed by atoms with E-state index in [4.69, 9.17) is 0 Å². The predicted octanol–water partition coefficient (Wildman–Crippen LogP) is 9.46. The van der Waals surface area contributed by atoms with E-state index < -0.39 is 0 Å². The Morgan fingerprint density at radius 3 is 1.55 bits per heavy atom. The van der Waals surface area contributed by atoms with Gasteiger partial charge >= 0.3 is 0 Å². The minimum absolute atomic E-state index is 0.357. The van der Waals surface area contributed by atoms with Crippen LogP contribution in [0.3, 0.4) is 0 Å². The Morgan fingerprint density at radius 1 is 0.368 bits per heavy atom. The maximum Gasteiger partial charge on any atom is 0.0713 e. The van der Waals surface area contributed by atoms with Crippen LogP contribution >= 0.6 is 0 Å². The van der Waals surface area contributed by atoms with Gasteiger partial charge in [0.05, 0.1) is 5.41 Å².